The van der Waals surface area contributed by atoms with Crippen LogP contribution in [0.5, 0.6) is 0 Å². The monoisotopic (exact) mass is 259 g/mol. The molecule has 2 heterocycles. The summed E-state index contributed by atoms with van der Waals surface area (Å²) >= 11 is 3.44. The van der Waals surface area contributed by atoms with Gasteiger partial charge in [0.05, 0.1) is 23.1 Å². The lowest BCUT2D eigenvalue weighted by atomic mass is 10.4. The molecule has 1 aliphatic heterocycles. The number of anilines is 1. The molecule has 0 aromatic carbocycles. The lowest BCUT2D eigenvalue weighted by Gasteiger charge is -2.26. The highest BCUT2D eigenvalue weighted by Crippen LogP contribution is 2.30. The van der Waals surface area contributed by atoms with Crippen molar-refractivity contribution in [3.8, 4) is 0 Å². The Kier molecular flexibility index (Phi) is 4.45. The first kappa shape index (κ1) is 12.2. The Morgan fingerprint density at radius 2 is 2.25 bits per heavy atom. The Morgan fingerprint density at radius 3 is 2.88 bits per heavy atom. The zero-order valence-corrected chi connectivity index (χ0v) is 11.1. The van der Waals surface area contributed by atoms with E-state index >= 15 is 0 Å². The van der Waals surface area contributed by atoms with E-state index < -0.39 is 0 Å². The molecule has 4 nitrogen and oxygen atoms in total. The number of nitrogens with two attached hydrogens (primary N) is 1. The maximum Gasteiger partial charge on any atom is 0.181 e. The molecule has 0 amide bonds. The fourth-order valence-electron chi connectivity index (χ4n) is 1.63. The molecule has 1 aliphatic rings. The highest BCUT2D eigenvalue weighted by molar-refractivity contribution is 8.01. The van der Waals surface area contributed by atoms with E-state index in [0.717, 1.165) is 44.3 Å². The number of aromatic nitrogens is 1. The third kappa shape index (κ3) is 3.35. The van der Waals surface area contributed by atoms with E-state index in [1.54, 1.807) is 11.3 Å². The summed E-state index contributed by atoms with van der Waals surface area (Å²) in [6, 6.07) is 0. The summed E-state index contributed by atoms with van der Waals surface area (Å²) < 4.78 is 6.57. The van der Waals surface area contributed by atoms with Crippen LogP contribution in [-0.2, 0) is 4.74 Å². The first-order valence-electron chi connectivity index (χ1n) is 5.41. The molecule has 0 unspecified atom stereocenters. The van der Waals surface area contributed by atoms with Gasteiger partial charge in [0.2, 0.25) is 0 Å². The Morgan fingerprint density at radius 1 is 1.50 bits per heavy atom. The van der Waals surface area contributed by atoms with E-state index in [-0.39, 0.29) is 0 Å². The van der Waals surface area contributed by atoms with E-state index in [1.807, 2.05) is 18.7 Å². The summed E-state index contributed by atoms with van der Waals surface area (Å²) in [6.07, 6.45) is 0. The molecule has 0 radical (unpaired) electrons. The molecule has 1 aromatic heterocycles. The first-order valence-corrected chi connectivity index (χ1v) is 7.22. The molecule has 0 saturated carbocycles. The van der Waals surface area contributed by atoms with Gasteiger partial charge in [-0.05, 0) is 6.92 Å². The van der Waals surface area contributed by atoms with E-state index in [0.29, 0.717) is 5.13 Å². The van der Waals surface area contributed by atoms with Gasteiger partial charge in [-0.15, -0.1) is 11.8 Å². The number of nitrogens with zero attached hydrogens (tertiary/aromatic N) is 2. The third-order valence-electron chi connectivity index (χ3n) is 2.51. The molecule has 0 atom stereocenters. The molecular formula is C10H17N3OS2. The van der Waals surface area contributed by atoms with Crippen molar-refractivity contribution in [1.29, 1.82) is 0 Å². The van der Waals surface area contributed by atoms with Crippen LogP contribution in [0.4, 0.5) is 5.13 Å². The van der Waals surface area contributed by atoms with E-state index in [4.69, 9.17) is 10.5 Å². The van der Waals surface area contributed by atoms with Gasteiger partial charge in [-0.25, -0.2) is 4.98 Å². The molecule has 6 heteroatoms. The number of ether oxygens (including phenoxy) is 1. The quantitative estimate of drug-likeness (QED) is 0.830. The van der Waals surface area contributed by atoms with Crippen molar-refractivity contribution in [3.05, 3.63) is 5.69 Å². The SMILES string of the molecule is Cc1nc(N)sc1SCCN1CCOCC1. The zero-order chi connectivity index (χ0) is 11.4. The van der Waals surface area contributed by atoms with Gasteiger partial charge < -0.3 is 10.5 Å². The van der Waals surface area contributed by atoms with Crippen LogP contribution in [0.2, 0.25) is 0 Å². The normalized spacial score (nSPS) is 17.8. The fourth-order valence-corrected chi connectivity index (χ4v) is 3.73. The van der Waals surface area contributed by atoms with Gasteiger partial charge in [0.25, 0.3) is 0 Å². The smallest absolute Gasteiger partial charge is 0.181 e. The zero-order valence-electron chi connectivity index (χ0n) is 9.44. The molecule has 0 bridgehead atoms. The molecule has 1 saturated heterocycles. The second-order valence-corrected chi connectivity index (χ2v) is 6.12. The van der Waals surface area contributed by atoms with Crippen LogP contribution < -0.4 is 5.73 Å². The van der Waals surface area contributed by atoms with Gasteiger partial charge in [-0.2, -0.15) is 0 Å². The molecule has 90 valence electrons. The highest BCUT2D eigenvalue weighted by atomic mass is 32.2. The fraction of sp³-hybridized carbons (Fsp3) is 0.700. The molecule has 16 heavy (non-hydrogen) atoms. The Balaban J connectivity index is 1.73. The van der Waals surface area contributed by atoms with Crippen molar-refractivity contribution >= 4 is 28.2 Å². The number of thioether (sulfide) groups is 1. The molecule has 2 rings (SSSR count). The predicted molar refractivity (Wildman–Crippen MR) is 69.2 cm³/mol. The van der Waals surface area contributed by atoms with Crippen molar-refractivity contribution in [1.82, 2.24) is 9.88 Å². The van der Waals surface area contributed by atoms with Gasteiger partial charge in [0.15, 0.2) is 5.13 Å². The highest BCUT2D eigenvalue weighted by Gasteiger charge is 2.11. The van der Waals surface area contributed by atoms with Crippen LogP contribution in [0.3, 0.4) is 0 Å². The van der Waals surface area contributed by atoms with Crippen molar-refractivity contribution in [3.63, 3.8) is 0 Å². The summed E-state index contributed by atoms with van der Waals surface area (Å²) in [5.74, 6) is 1.10. The number of morpholine rings is 1. The summed E-state index contributed by atoms with van der Waals surface area (Å²) in [5, 5.41) is 0.673. The molecule has 0 spiro atoms. The largest absolute Gasteiger partial charge is 0.379 e. The maximum absolute atomic E-state index is 5.66. The summed E-state index contributed by atoms with van der Waals surface area (Å²) in [7, 11) is 0. The number of nitrogen functional groups attached to an aromatic ring is 1. The standard InChI is InChI=1S/C10H17N3OS2/c1-8-9(16-10(11)12-8)15-7-4-13-2-5-14-6-3-13/h2-7H2,1H3,(H2,11,12). The van der Waals surface area contributed by atoms with Crippen molar-refractivity contribution in [2.75, 3.05) is 44.3 Å². The van der Waals surface area contributed by atoms with Gasteiger partial charge in [-0.1, -0.05) is 11.3 Å². The predicted octanol–water partition coefficient (Wildman–Crippen LogP) is 1.46. The van der Waals surface area contributed by atoms with Crippen LogP contribution in [-0.4, -0.2) is 48.5 Å². The average molecular weight is 259 g/mol. The summed E-state index contributed by atoms with van der Waals surface area (Å²) in [6.45, 7) is 7.00. The van der Waals surface area contributed by atoms with Gasteiger partial charge in [-0.3, -0.25) is 4.90 Å². The summed E-state index contributed by atoms with van der Waals surface area (Å²) in [5.41, 5.74) is 6.73. The minimum atomic E-state index is 0.673. The van der Waals surface area contributed by atoms with Crippen molar-refractivity contribution in [2.45, 2.75) is 11.1 Å². The number of thiazole rings is 1. The van der Waals surface area contributed by atoms with Crippen LogP contribution in [0, 0.1) is 6.92 Å². The second kappa shape index (κ2) is 5.86. The minimum Gasteiger partial charge on any atom is -0.379 e. The molecule has 1 aromatic rings. The first-order chi connectivity index (χ1) is 7.75. The number of hydrogen-bond donors (Lipinski definition) is 1. The van der Waals surface area contributed by atoms with E-state index in [2.05, 4.69) is 9.88 Å². The number of aryl methyl sites for hydroxylation is 1. The Hall–Kier alpha value is -0.300. The molecule has 2 N–H and O–H groups in total. The lowest BCUT2D eigenvalue weighted by Crippen LogP contribution is -2.37. The summed E-state index contributed by atoms with van der Waals surface area (Å²) in [4.78, 5) is 6.66. The Bertz CT molecular complexity index is 337. The molecule has 1 fully saturated rings. The van der Waals surface area contributed by atoms with Gasteiger partial charge >= 0.3 is 0 Å². The van der Waals surface area contributed by atoms with Gasteiger partial charge in [0, 0.05) is 25.4 Å². The maximum atomic E-state index is 5.66. The third-order valence-corrected chi connectivity index (χ3v) is 4.84. The van der Waals surface area contributed by atoms with Crippen molar-refractivity contribution < 1.29 is 4.74 Å². The average Bonchev–Trinajstić information content (AvgIpc) is 2.59. The Labute approximate surface area is 104 Å². The van der Waals surface area contributed by atoms with Crippen LogP contribution in [0.15, 0.2) is 4.21 Å². The van der Waals surface area contributed by atoms with Crippen LogP contribution >= 0.6 is 23.1 Å². The topological polar surface area (TPSA) is 51.4 Å². The second-order valence-electron chi connectivity index (χ2n) is 3.73. The van der Waals surface area contributed by atoms with Crippen molar-refractivity contribution in [2.24, 2.45) is 0 Å². The van der Waals surface area contributed by atoms with Crippen LogP contribution in [0.1, 0.15) is 5.69 Å². The van der Waals surface area contributed by atoms with E-state index in [9.17, 15) is 0 Å². The van der Waals surface area contributed by atoms with Crippen LogP contribution in [0.25, 0.3) is 0 Å². The minimum absolute atomic E-state index is 0.673. The van der Waals surface area contributed by atoms with Gasteiger partial charge in [0.1, 0.15) is 0 Å². The number of rotatable bonds is 4. The van der Waals surface area contributed by atoms with E-state index in [1.165, 1.54) is 4.21 Å². The molecule has 0 aliphatic carbocycles. The molecular weight excluding hydrogens is 242 g/mol. The lowest BCUT2D eigenvalue weighted by molar-refractivity contribution is 0.0410. The number of hydrogen-bond acceptors (Lipinski definition) is 6.